The number of hydrogen-bond donors (Lipinski definition) is 0. The summed E-state index contributed by atoms with van der Waals surface area (Å²) < 4.78 is 33.9. The zero-order valence-corrected chi connectivity index (χ0v) is 27.6. The van der Waals surface area contributed by atoms with Crippen LogP contribution in [0.1, 0.15) is 63.5 Å². The van der Waals surface area contributed by atoms with E-state index in [0.29, 0.717) is 18.0 Å². The van der Waals surface area contributed by atoms with E-state index in [9.17, 15) is 13.2 Å². The highest BCUT2D eigenvalue weighted by Gasteiger charge is 2.31. The molecular weight excluding hydrogens is 570 g/mol. The number of nitrogens with zero attached hydrogens (tertiary/aromatic N) is 3. The quantitative estimate of drug-likeness (QED) is 0.218. The lowest BCUT2D eigenvalue weighted by Crippen LogP contribution is -2.45. The lowest BCUT2D eigenvalue weighted by Gasteiger charge is -2.35. The van der Waals surface area contributed by atoms with Crippen molar-refractivity contribution in [2.75, 3.05) is 39.8 Å². The third kappa shape index (κ3) is 9.91. The summed E-state index contributed by atoms with van der Waals surface area (Å²) in [5.41, 5.74) is 2.08. The Morgan fingerprint density at radius 3 is 2.16 bits per heavy atom. The molecule has 1 aliphatic heterocycles. The van der Waals surface area contributed by atoms with Gasteiger partial charge in [-0.25, -0.2) is 17.5 Å². The second kappa shape index (κ2) is 15.7. The van der Waals surface area contributed by atoms with Gasteiger partial charge >= 0.3 is 6.09 Å². The van der Waals surface area contributed by atoms with Crippen molar-refractivity contribution in [3.8, 4) is 0 Å². The molecule has 1 unspecified atom stereocenters. The third-order valence-corrected chi connectivity index (χ3v) is 10.1. The molecule has 1 heterocycles. The molecule has 3 aromatic carbocycles. The first-order valence-corrected chi connectivity index (χ1v) is 17.2. The van der Waals surface area contributed by atoms with Crippen molar-refractivity contribution in [3.05, 3.63) is 102 Å². The smallest absolute Gasteiger partial charge is 0.410 e. The lowest BCUT2D eigenvalue weighted by atomic mass is 9.94. The molecule has 0 aromatic heterocycles. The Balaban J connectivity index is 1.39. The van der Waals surface area contributed by atoms with Crippen LogP contribution in [0.4, 0.5) is 4.79 Å². The second-order valence-electron chi connectivity index (χ2n) is 13.1. The maximum Gasteiger partial charge on any atom is 0.410 e. The van der Waals surface area contributed by atoms with Crippen LogP contribution in [0, 0.1) is 5.41 Å². The van der Waals surface area contributed by atoms with Crippen LogP contribution in [0.5, 0.6) is 0 Å². The average Bonchev–Trinajstić information content (AvgIpc) is 3.27. The van der Waals surface area contributed by atoms with E-state index < -0.39 is 10.0 Å². The molecule has 1 fully saturated rings. The number of benzene rings is 3. The fourth-order valence-electron chi connectivity index (χ4n) is 5.94. The highest BCUT2D eigenvalue weighted by Crippen LogP contribution is 2.27. The van der Waals surface area contributed by atoms with Gasteiger partial charge in [0.15, 0.2) is 0 Å². The van der Waals surface area contributed by atoms with Gasteiger partial charge in [-0.1, -0.05) is 99.6 Å². The van der Waals surface area contributed by atoms with E-state index in [0.717, 1.165) is 56.4 Å². The molecule has 1 aliphatic rings. The van der Waals surface area contributed by atoms with Gasteiger partial charge in [0, 0.05) is 32.7 Å². The van der Waals surface area contributed by atoms with Gasteiger partial charge in [-0.15, -0.1) is 0 Å². The van der Waals surface area contributed by atoms with Crippen LogP contribution < -0.4 is 0 Å². The van der Waals surface area contributed by atoms with Crippen molar-refractivity contribution in [2.45, 2.75) is 69.9 Å². The number of hydrogen-bond acceptors (Lipinski definition) is 5. The van der Waals surface area contributed by atoms with Crippen LogP contribution in [0.3, 0.4) is 0 Å². The Morgan fingerprint density at radius 1 is 0.909 bits per heavy atom. The molecule has 4 rings (SSSR count). The first kappa shape index (κ1) is 33.7. The Kier molecular flexibility index (Phi) is 12.0. The molecule has 3 aromatic rings. The van der Waals surface area contributed by atoms with Gasteiger partial charge in [-0.2, -0.15) is 0 Å². The van der Waals surface area contributed by atoms with E-state index in [4.69, 9.17) is 4.74 Å². The van der Waals surface area contributed by atoms with Crippen molar-refractivity contribution in [3.63, 3.8) is 0 Å². The molecule has 1 saturated heterocycles. The Hall–Kier alpha value is -3.20. The Morgan fingerprint density at radius 2 is 1.52 bits per heavy atom. The van der Waals surface area contributed by atoms with E-state index in [1.165, 1.54) is 4.31 Å². The fourth-order valence-corrected chi connectivity index (χ4v) is 7.17. The van der Waals surface area contributed by atoms with Crippen molar-refractivity contribution in [2.24, 2.45) is 5.41 Å². The van der Waals surface area contributed by atoms with Crippen LogP contribution in [-0.4, -0.2) is 74.4 Å². The molecule has 1 amide bonds. The summed E-state index contributed by atoms with van der Waals surface area (Å²) >= 11 is 0. The van der Waals surface area contributed by atoms with Gasteiger partial charge < -0.3 is 14.5 Å². The Labute approximate surface area is 264 Å². The number of amides is 1. The number of likely N-dealkylation sites (N-methyl/N-ethyl adjacent to an activating group) is 1. The molecule has 8 heteroatoms. The van der Waals surface area contributed by atoms with Crippen molar-refractivity contribution < 1.29 is 17.9 Å². The summed E-state index contributed by atoms with van der Waals surface area (Å²) in [4.78, 5) is 18.1. The minimum atomic E-state index is -3.58. The van der Waals surface area contributed by atoms with Gasteiger partial charge in [0.05, 0.1) is 4.90 Å². The molecule has 0 saturated carbocycles. The van der Waals surface area contributed by atoms with Crippen LogP contribution in [0.25, 0.3) is 0 Å². The summed E-state index contributed by atoms with van der Waals surface area (Å²) in [5.74, 6) is 0.0593. The predicted octanol–water partition coefficient (Wildman–Crippen LogP) is 7.02. The maximum absolute atomic E-state index is 13.4. The topological polar surface area (TPSA) is 70.2 Å². The normalized spacial score (nSPS) is 17.2. The Bertz CT molecular complexity index is 1400. The standard InChI is InChI=1S/C36H49N3O4S/c1-36(2,3)29-39(35(40)43-28-30-15-8-5-9-16-30)33-19-14-24-38(26-23-33)25-22-32(31-17-10-6-11-18-31)27-37(4)44(41,42)34-20-12-7-13-21-34/h5-13,15-18,20-21,32-33H,14,19,22-29H2,1-4H3/t32?,33-/m0/s1. The molecule has 0 spiro atoms. The molecule has 0 N–H and O–H groups in total. The van der Waals surface area contributed by atoms with Crippen LogP contribution in [0.2, 0.25) is 0 Å². The third-order valence-electron chi connectivity index (χ3n) is 8.31. The molecular formula is C36H49N3O4S. The van der Waals surface area contributed by atoms with Gasteiger partial charge in [-0.05, 0) is 73.4 Å². The van der Waals surface area contributed by atoms with Crippen molar-refractivity contribution in [1.29, 1.82) is 0 Å². The van der Waals surface area contributed by atoms with E-state index in [-0.39, 0.29) is 30.1 Å². The van der Waals surface area contributed by atoms with E-state index in [1.807, 2.05) is 59.5 Å². The van der Waals surface area contributed by atoms with Crippen LogP contribution in [0.15, 0.2) is 95.9 Å². The van der Waals surface area contributed by atoms with Crippen LogP contribution in [-0.2, 0) is 21.4 Å². The average molecular weight is 620 g/mol. The first-order valence-electron chi connectivity index (χ1n) is 15.8. The monoisotopic (exact) mass is 619 g/mol. The number of carbonyl (C=O) groups is 1. The molecule has 0 aliphatic carbocycles. The van der Waals surface area contributed by atoms with Crippen molar-refractivity contribution >= 4 is 16.1 Å². The number of sulfonamides is 1. The number of ether oxygens (including phenoxy) is 1. The summed E-state index contributed by atoms with van der Waals surface area (Å²) in [6.07, 6.45) is 3.42. The largest absolute Gasteiger partial charge is 0.445 e. The lowest BCUT2D eigenvalue weighted by molar-refractivity contribution is 0.0615. The highest BCUT2D eigenvalue weighted by atomic mass is 32.2. The fraction of sp³-hybridized carbons (Fsp3) is 0.472. The van der Waals surface area contributed by atoms with Gasteiger partial charge in [0.1, 0.15) is 6.61 Å². The van der Waals surface area contributed by atoms with Gasteiger partial charge in [0.2, 0.25) is 10.0 Å². The minimum absolute atomic E-state index is 0.0488. The summed E-state index contributed by atoms with van der Waals surface area (Å²) in [7, 11) is -1.91. The second-order valence-corrected chi connectivity index (χ2v) is 15.2. The van der Waals surface area contributed by atoms with E-state index in [1.54, 1.807) is 31.3 Å². The molecule has 0 radical (unpaired) electrons. The first-order chi connectivity index (χ1) is 21.0. The summed E-state index contributed by atoms with van der Waals surface area (Å²) in [6, 6.07) is 28.8. The van der Waals surface area contributed by atoms with E-state index in [2.05, 4.69) is 37.8 Å². The number of carbonyl (C=O) groups excluding carboxylic acids is 1. The zero-order chi connectivity index (χ0) is 31.6. The summed E-state index contributed by atoms with van der Waals surface area (Å²) in [5, 5.41) is 0. The van der Waals surface area contributed by atoms with Gasteiger partial charge in [0.25, 0.3) is 0 Å². The maximum atomic E-state index is 13.4. The molecule has 2 atom stereocenters. The van der Waals surface area contributed by atoms with Crippen LogP contribution >= 0.6 is 0 Å². The number of rotatable bonds is 12. The number of likely N-dealkylation sites (tertiary alicyclic amines) is 1. The SMILES string of the molecule is CN(CC(CCN1CCC[C@H](N(CC(C)(C)C)C(=O)OCc2ccccc2)CC1)c1ccccc1)S(=O)(=O)c1ccccc1. The molecule has 7 nitrogen and oxygen atoms in total. The molecule has 44 heavy (non-hydrogen) atoms. The predicted molar refractivity (Wildman–Crippen MR) is 177 cm³/mol. The van der Waals surface area contributed by atoms with E-state index >= 15 is 0 Å². The highest BCUT2D eigenvalue weighted by molar-refractivity contribution is 7.89. The summed E-state index contributed by atoms with van der Waals surface area (Å²) in [6.45, 7) is 10.5. The molecule has 238 valence electrons. The molecule has 0 bridgehead atoms. The minimum Gasteiger partial charge on any atom is -0.445 e. The van der Waals surface area contributed by atoms with Gasteiger partial charge in [-0.3, -0.25) is 0 Å². The zero-order valence-electron chi connectivity index (χ0n) is 26.8. The van der Waals surface area contributed by atoms with Crippen molar-refractivity contribution in [1.82, 2.24) is 14.1 Å².